The molecule has 0 bridgehead atoms. The van der Waals surface area contributed by atoms with E-state index in [9.17, 15) is 9.59 Å². The lowest BCUT2D eigenvalue weighted by Gasteiger charge is -2.34. The van der Waals surface area contributed by atoms with Gasteiger partial charge in [0.2, 0.25) is 0 Å². The molecule has 1 heterocycles. The van der Waals surface area contributed by atoms with Crippen LogP contribution in [0, 0.1) is 0 Å². The second-order valence-corrected chi connectivity index (χ2v) is 6.52. The zero-order valence-corrected chi connectivity index (χ0v) is 11.6. The highest BCUT2D eigenvalue weighted by Crippen LogP contribution is 2.24. The fraction of sp³-hybridized carbons (Fsp3) is 0.700. The quantitative estimate of drug-likeness (QED) is 0.536. The van der Waals surface area contributed by atoms with Gasteiger partial charge >= 0.3 is 11.8 Å². The molecular formula is C10H17N3O2S2. The molecule has 1 aliphatic rings. The van der Waals surface area contributed by atoms with E-state index >= 15 is 0 Å². The maximum Gasteiger partial charge on any atom is 0.311 e. The third kappa shape index (κ3) is 4.51. The normalized spacial score (nSPS) is 24.2. The molecule has 2 atom stereocenters. The van der Waals surface area contributed by atoms with Gasteiger partial charge in [0.05, 0.1) is 11.5 Å². The predicted molar refractivity (Wildman–Crippen MR) is 72.9 cm³/mol. The average molecular weight is 275 g/mol. The predicted octanol–water partition coefficient (Wildman–Crippen LogP) is -0.259. The highest BCUT2D eigenvalue weighted by atomic mass is 32.2. The fourth-order valence-corrected chi connectivity index (χ4v) is 3.13. The molecule has 0 aromatic heterocycles. The zero-order chi connectivity index (χ0) is 13.0. The van der Waals surface area contributed by atoms with Crippen molar-refractivity contribution in [1.82, 2.24) is 10.2 Å². The standard InChI is InChI=1S/C10H17N3O2S2/c1-6-4-13(5-7(2)17-6)10(15)9(14)12-3-8(11)16/h6-7H,3-5H2,1-2H3,(H2,11,16)(H,12,14). The zero-order valence-electron chi connectivity index (χ0n) is 9.93. The van der Waals surface area contributed by atoms with Crippen molar-refractivity contribution in [3.05, 3.63) is 0 Å². The Morgan fingerprint density at radius 2 is 1.94 bits per heavy atom. The van der Waals surface area contributed by atoms with E-state index < -0.39 is 11.8 Å². The highest BCUT2D eigenvalue weighted by molar-refractivity contribution is 8.00. The maximum atomic E-state index is 11.8. The van der Waals surface area contributed by atoms with Gasteiger partial charge in [-0.3, -0.25) is 9.59 Å². The van der Waals surface area contributed by atoms with Crippen molar-refractivity contribution >= 4 is 40.8 Å². The van der Waals surface area contributed by atoms with Crippen LogP contribution in [0.1, 0.15) is 13.8 Å². The number of hydrogen-bond donors (Lipinski definition) is 2. The van der Waals surface area contributed by atoms with Crippen LogP contribution in [-0.2, 0) is 9.59 Å². The highest BCUT2D eigenvalue weighted by Gasteiger charge is 2.29. The molecule has 1 fully saturated rings. The van der Waals surface area contributed by atoms with Crippen LogP contribution in [-0.4, -0.2) is 51.8 Å². The summed E-state index contributed by atoms with van der Waals surface area (Å²) in [5, 5.41) is 3.11. The van der Waals surface area contributed by atoms with Crippen LogP contribution in [0.2, 0.25) is 0 Å². The Morgan fingerprint density at radius 1 is 1.41 bits per heavy atom. The van der Waals surface area contributed by atoms with Gasteiger partial charge in [-0.15, -0.1) is 0 Å². The minimum absolute atomic E-state index is 0.0631. The first-order chi connectivity index (χ1) is 7.90. The first kappa shape index (κ1) is 14.2. The smallest absolute Gasteiger partial charge is 0.311 e. The van der Waals surface area contributed by atoms with E-state index in [0.717, 1.165) is 0 Å². The van der Waals surface area contributed by atoms with Crippen molar-refractivity contribution in [2.75, 3.05) is 19.6 Å². The van der Waals surface area contributed by atoms with E-state index in [1.54, 1.807) is 4.90 Å². The lowest BCUT2D eigenvalue weighted by Crippen LogP contribution is -2.50. The Balaban J connectivity index is 2.51. The summed E-state index contributed by atoms with van der Waals surface area (Å²) in [6.45, 7) is 5.37. The van der Waals surface area contributed by atoms with Crippen LogP contribution in [0.15, 0.2) is 0 Å². The largest absolute Gasteiger partial charge is 0.392 e. The molecule has 0 radical (unpaired) electrons. The second-order valence-electron chi connectivity index (χ2n) is 4.12. The Bertz CT molecular complexity index is 326. The van der Waals surface area contributed by atoms with Gasteiger partial charge in [0.1, 0.15) is 0 Å². The molecular weight excluding hydrogens is 258 g/mol. The summed E-state index contributed by atoms with van der Waals surface area (Å²) >= 11 is 6.46. The molecule has 17 heavy (non-hydrogen) atoms. The monoisotopic (exact) mass is 275 g/mol. The van der Waals surface area contributed by atoms with Crippen LogP contribution < -0.4 is 11.1 Å². The number of carbonyl (C=O) groups excluding carboxylic acids is 2. The first-order valence-corrected chi connectivity index (χ1v) is 6.76. The van der Waals surface area contributed by atoms with Gasteiger partial charge in [-0.05, 0) is 0 Å². The third-order valence-electron chi connectivity index (χ3n) is 2.32. The number of nitrogens with two attached hydrogens (primary N) is 1. The molecule has 1 saturated heterocycles. The van der Waals surface area contributed by atoms with Crippen molar-refractivity contribution in [3.8, 4) is 0 Å². The summed E-state index contributed by atoms with van der Waals surface area (Å²) in [6, 6.07) is 0. The van der Waals surface area contributed by atoms with E-state index in [0.29, 0.717) is 23.6 Å². The topological polar surface area (TPSA) is 75.4 Å². The van der Waals surface area contributed by atoms with E-state index in [-0.39, 0.29) is 11.5 Å². The lowest BCUT2D eigenvalue weighted by molar-refractivity contribution is -0.145. The lowest BCUT2D eigenvalue weighted by atomic mass is 10.3. The molecule has 0 spiro atoms. The van der Waals surface area contributed by atoms with Crippen LogP contribution >= 0.6 is 24.0 Å². The molecule has 0 aliphatic carbocycles. The van der Waals surface area contributed by atoms with Crippen molar-refractivity contribution in [2.45, 2.75) is 24.3 Å². The van der Waals surface area contributed by atoms with Gasteiger partial charge in [0.15, 0.2) is 0 Å². The van der Waals surface area contributed by atoms with Gasteiger partial charge in [-0.2, -0.15) is 11.8 Å². The maximum absolute atomic E-state index is 11.8. The molecule has 0 saturated carbocycles. The Labute approximate surface area is 110 Å². The van der Waals surface area contributed by atoms with Crippen molar-refractivity contribution < 1.29 is 9.59 Å². The molecule has 0 aromatic carbocycles. The van der Waals surface area contributed by atoms with Crippen LogP contribution in [0.3, 0.4) is 0 Å². The summed E-state index contributed by atoms with van der Waals surface area (Å²) in [5.74, 6) is -1.13. The molecule has 1 aliphatic heterocycles. The average Bonchev–Trinajstić information content (AvgIpc) is 2.23. The van der Waals surface area contributed by atoms with E-state index in [4.69, 9.17) is 5.73 Å². The molecule has 7 heteroatoms. The van der Waals surface area contributed by atoms with Gasteiger partial charge < -0.3 is 16.0 Å². The summed E-state index contributed by atoms with van der Waals surface area (Å²) in [5.41, 5.74) is 5.25. The number of thiocarbonyl (C=S) groups is 1. The third-order valence-corrected chi connectivity index (χ3v) is 3.70. The molecule has 5 nitrogen and oxygen atoms in total. The second kappa shape index (κ2) is 6.20. The van der Waals surface area contributed by atoms with Crippen LogP contribution in [0.5, 0.6) is 0 Å². The summed E-state index contributed by atoms with van der Waals surface area (Å²) in [7, 11) is 0. The molecule has 1 rings (SSSR count). The van der Waals surface area contributed by atoms with Gasteiger partial charge in [0.25, 0.3) is 0 Å². The van der Waals surface area contributed by atoms with E-state index in [1.165, 1.54) is 0 Å². The van der Waals surface area contributed by atoms with Crippen molar-refractivity contribution in [2.24, 2.45) is 5.73 Å². The number of nitrogens with zero attached hydrogens (tertiary/aromatic N) is 1. The number of carbonyl (C=O) groups is 2. The molecule has 96 valence electrons. The van der Waals surface area contributed by atoms with Crippen LogP contribution in [0.25, 0.3) is 0 Å². The minimum atomic E-state index is -0.635. The van der Waals surface area contributed by atoms with Gasteiger partial charge in [-0.25, -0.2) is 0 Å². The molecule has 0 aromatic rings. The number of hydrogen-bond acceptors (Lipinski definition) is 4. The Kier molecular flexibility index (Phi) is 5.20. The number of rotatable bonds is 2. The molecule has 2 amide bonds. The Morgan fingerprint density at radius 3 is 2.41 bits per heavy atom. The molecule has 2 unspecified atom stereocenters. The van der Waals surface area contributed by atoms with Gasteiger partial charge in [0, 0.05) is 23.6 Å². The number of thioether (sulfide) groups is 1. The van der Waals surface area contributed by atoms with Crippen molar-refractivity contribution in [1.29, 1.82) is 0 Å². The van der Waals surface area contributed by atoms with E-state index in [1.807, 2.05) is 25.6 Å². The summed E-state index contributed by atoms with van der Waals surface area (Å²) in [4.78, 5) is 25.1. The number of nitrogens with one attached hydrogen (secondary N) is 1. The Hall–Kier alpha value is -0.820. The van der Waals surface area contributed by atoms with Crippen molar-refractivity contribution in [3.63, 3.8) is 0 Å². The minimum Gasteiger partial charge on any atom is -0.392 e. The SMILES string of the molecule is CC1CN(C(=O)C(=O)NCC(N)=S)CC(C)S1. The summed E-state index contributed by atoms with van der Waals surface area (Å²) < 4.78 is 0. The number of amides is 2. The van der Waals surface area contributed by atoms with Crippen LogP contribution in [0.4, 0.5) is 0 Å². The van der Waals surface area contributed by atoms with E-state index in [2.05, 4.69) is 17.5 Å². The van der Waals surface area contributed by atoms with Gasteiger partial charge in [-0.1, -0.05) is 26.1 Å². The fourth-order valence-electron chi connectivity index (χ4n) is 1.73. The molecule has 3 N–H and O–H groups in total. The first-order valence-electron chi connectivity index (χ1n) is 5.41. The summed E-state index contributed by atoms with van der Waals surface area (Å²) in [6.07, 6.45) is 0.